The van der Waals surface area contributed by atoms with Crippen molar-refractivity contribution in [3.63, 3.8) is 0 Å². The van der Waals surface area contributed by atoms with Gasteiger partial charge in [-0.1, -0.05) is 24.2 Å². The number of hydrogen-bond acceptors (Lipinski definition) is 7. The van der Waals surface area contributed by atoms with Crippen molar-refractivity contribution in [2.45, 2.75) is 11.8 Å². The molecule has 0 spiro atoms. The van der Waals surface area contributed by atoms with Crippen LogP contribution >= 0.6 is 0 Å². The quantitative estimate of drug-likeness (QED) is 0.753. The second-order valence-corrected chi connectivity index (χ2v) is 6.99. The number of nitrogens with zero attached hydrogens (tertiary/aromatic N) is 2. The lowest BCUT2D eigenvalue weighted by Crippen LogP contribution is -2.17. The van der Waals surface area contributed by atoms with Crippen LogP contribution in [0.3, 0.4) is 0 Å². The third kappa shape index (κ3) is 3.06. The number of anilines is 1. The molecule has 1 amide bonds. The van der Waals surface area contributed by atoms with E-state index in [2.05, 4.69) is 15.5 Å². The van der Waals surface area contributed by atoms with Crippen molar-refractivity contribution in [2.75, 3.05) is 11.1 Å². The zero-order chi connectivity index (χ0) is 17.2. The first-order valence-corrected chi connectivity index (χ1v) is 8.67. The fourth-order valence-corrected chi connectivity index (χ4v) is 3.11. The molecule has 0 aliphatic rings. The molecule has 0 saturated carbocycles. The first kappa shape index (κ1) is 15.9. The smallest absolute Gasteiger partial charge is 0.322 e. The van der Waals surface area contributed by atoms with Crippen LogP contribution in [0.2, 0.25) is 0 Å². The number of furan rings is 1. The summed E-state index contributed by atoms with van der Waals surface area (Å²) in [5.41, 5.74) is 0.0112. The van der Waals surface area contributed by atoms with Crippen molar-refractivity contribution in [1.82, 2.24) is 10.2 Å². The standard InChI is InChI=1S/C15H13N3O5S/c1-2-24(20,21)12-8-4-3-6-10(12)13(19)16-15-18-17-14(23-15)11-7-5-9-22-11/h3-9H,2H2,1H3,(H,16,18,19). The molecule has 0 aliphatic carbocycles. The van der Waals surface area contributed by atoms with E-state index in [1.54, 1.807) is 24.3 Å². The molecule has 0 aliphatic heterocycles. The van der Waals surface area contributed by atoms with Crippen LogP contribution in [-0.2, 0) is 9.84 Å². The second-order valence-electron chi connectivity index (χ2n) is 4.74. The summed E-state index contributed by atoms with van der Waals surface area (Å²) >= 11 is 0. The van der Waals surface area contributed by atoms with E-state index in [9.17, 15) is 13.2 Å². The number of rotatable bonds is 5. The predicted octanol–water partition coefficient (Wildman–Crippen LogP) is 2.38. The monoisotopic (exact) mass is 347 g/mol. The number of carbonyl (C=O) groups is 1. The van der Waals surface area contributed by atoms with Crippen molar-refractivity contribution < 1.29 is 22.0 Å². The fourth-order valence-electron chi connectivity index (χ4n) is 2.02. The number of carbonyl (C=O) groups excluding carboxylic acids is 1. The van der Waals surface area contributed by atoms with Crippen molar-refractivity contribution in [1.29, 1.82) is 0 Å². The Morgan fingerprint density at radius 1 is 1.17 bits per heavy atom. The van der Waals surface area contributed by atoms with Crippen LogP contribution in [-0.4, -0.2) is 30.3 Å². The van der Waals surface area contributed by atoms with E-state index in [4.69, 9.17) is 8.83 Å². The number of benzene rings is 1. The van der Waals surface area contributed by atoms with Gasteiger partial charge in [0.15, 0.2) is 15.6 Å². The third-order valence-corrected chi connectivity index (χ3v) is 5.01. The van der Waals surface area contributed by atoms with Gasteiger partial charge in [-0.2, -0.15) is 0 Å². The van der Waals surface area contributed by atoms with Gasteiger partial charge in [0.05, 0.1) is 22.5 Å². The van der Waals surface area contributed by atoms with Gasteiger partial charge in [0, 0.05) is 0 Å². The zero-order valence-corrected chi connectivity index (χ0v) is 13.4. The van der Waals surface area contributed by atoms with E-state index >= 15 is 0 Å². The summed E-state index contributed by atoms with van der Waals surface area (Å²) in [7, 11) is -3.54. The maximum absolute atomic E-state index is 12.4. The van der Waals surface area contributed by atoms with Crippen molar-refractivity contribution >= 4 is 21.8 Å². The minimum atomic E-state index is -3.54. The van der Waals surface area contributed by atoms with Crippen molar-refractivity contribution in [3.05, 3.63) is 48.2 Å². The molecule has 3 rings (SSSR count). The molecule has 2 heterocycles. The summed E-state index contributed by atoms with van der Waals surface area (Å²) in [4.78, 5) is 12.3. The average Bonchev–Trinajstić information content (AvgIpc) is 3.26. The van der Waals surface area contributed by atoms with E-state index in [0.29, 0.717) is 5.76 Å². The largest absolute Gasteiger partial charge is 0.459 e. The first-order chi connectivity index (χ1) is 11.5. The second kappa shape index (κ2) is 6.28. The molecule has 0 bridgehead atoms. The Morgan fingerprint density at radius 2 is 1.96 bits per heavy atom. The molecule has 0 atom stereocenters. The highest BCUT2D eigenvalue weighted by Gasteiger charge is 2.22. The zero-order valence-electron chi connectivity index (χ0n) is 12.6. The van der Waals surface area contributed by atoms with Crippen LogP contribution in [0.25, 0.3) is 11.7 Å². The number of amides is 1. The highest BCUT2D eigenvalue weighted by Crippen LogP contribution is 2.22. The highest BCUT2D eigenvalue weighted by molar-refractivity contribution is 7.91. The van der Waals surface area contributed by atoms with Gasteiger partial charge in [0.25, 0.3) is 11.8 Å². The van der Waals surface area contributed by atoms with Crippen LogP contribution in [0.5, 0.6) is 0 Å². The maximum atomic E-state index is 12.4. The van der Waals surface area contributed by atoms with Gasteiger partial charge < -0.3 is 8.83 Å². The van der Waals surface area contributed by atoms with E-state index in [1.165, 1.54) is 25.3 Å². The third-order valence-electron chi connectivity index (χ3n) is 3.22. The summed E-state index contributed by atoms with van der Waals surface area (Å²) in [5.74, 6) is -0.306. The van der Waals surface area contributed by atoms with Crippen LogP contribution in [0.4, 0.5) is 6.01 Å². The molecule has 1 N–H and O–H groups in total. The fraction of sp³-hybridized carbons (Fsp3) is 0.133. The van der Waals surface area contributed by atoms with E-state index in [1.807, 2.05) is 0 Å². The summed E-state index contributed by atoms with van der Waals surface area (Å²) < 4.78 is 34.6. The lowest BCUT2D eigenvalue weighted by atomic mass is 10.2. The molecule has 9 heteroatoms. The summed E-state index contributed by atoms with van der Waals surface area (Å²) in [6.07, 6.45) is 1.45. The molecule has 8 nitrogen and oxygen atoms in total. The van der Waals surface area contributed by atoms with Gasteiger partial charge in [0.2, 0.25) is 0 Å². The van der Waals surface area contributed by atoms with Crippen molar-refractivity contribution in [2.24, 2.45) is 0 Å². The van der Waals surface area contributed by atoms with Gasteiger partial charge in [0.1, 0.15) is 0 Å². The first-order valence-electron chi connectivity index (χ1n) is 7.02. The molecule has 0 saturated heterocycles. The summed E-state index contributed by atoms with van der Waals surface area (Å²) in [6.45, 7) is 1.51. The number of hydrogen-bond donors (Lipinski definition) is 1. The molecular weight excluding hydrogens is 334 g/mol. The van der Waals surface area contributed by atoms with Crippen LogP contribution < -0.4 is 5.32 Å². The van der Waals surface area contributed by atoms with Gasteiger partial charge in [-0.15, -0.1) is 5.10 Å². The molecule has 0 radical (unpaired) electrons. The highest BCUT2D eigenvalue weighted by atomic mass is 32.2. The molecule has 3 aromatic rings. The minimum absolute atomic E-state index is 0.0112. The number of sulfone groups is 1. The van der Waals surface area contributed by atoms with Gasteiger partial charge in [-0.3, -0.25) is 10.1 Å². The molecule has 2 aromatic heterocycles. The average molecular weight is 347 g/mol. The molecule has 124 valence electrons. The van der Waals surface area contributed by atoms with Crippen LogP contribution in [0, 0.1) is 0 Å². The van der Waals surface area contributed by atoms with Crippen LogP contribution in [0.1, 0.15) is 17.3 Å². The molecule has 24 heavy (non-hydrogen) atoms. The molecule has 0 fully saturated rings. The Morgan fingerprint density at radius 3 is 2.67 bits per heavy atom. The molecular formula is C15H13N3O5S. The summed E-state index contributed by atoms with van der Waals surface area (Å²) in [5, 5.41) is 9.83. The maximum Gasteiger partial charge on any atom is 0.322 e. The minimum Gasteiger partial charge on any atom is -0.459 e. The van der Waals surface area contributed by atoms with Crippen LogP contribution in [0.15, 0.2) is 56.4 Å². The van der Waals surface area contributed by atoms with Gasteiger partial charge in [-0.25, -0.2) is 8.42 Å². The Hall–Kier alpha value is -2.94. The lowest BCUT2D eigenvalue weighted by molar-refractivity contribution is 0.102. The van der Waals surface area contributed by atoms with E-state index in [-0.39, 0.29) is 28.1 Å². The Balaban J connectivity index is 1.86. The van der Waals surface area contributed by atoms with Gasteiger partial charge in [-0.05, 0) is 24.3 Å². The number of aromatic nitrogens is 2. The Labute approximate surface area is 137 Å². The lowest BCUT2D eigenvalue weighted by Gasteiger charge is -2.07. The number of nitrogens with one attached hydrogen (secondary N) is 1. The Kier molecular flexibility index (Phi) is 4.17. The normalized spacial score (nSPS) is 11.4. The van der Waals surface area contributed by atoms with E-state index in [0.717, 1.165) is 0 Å². The van der Waals surface area contributed by atoms with E-state index < -0.39 is 15.7 Å². The summed E-state index contributed by atoms with van der Waals surface area (Å²) in [6, 6.07) is 9.06. The molecule has 0 unspecified atom stereocenters. The topological polar surface area (TPSA) is 115 Å². The Bertz CT molecular complexity index is 961. The SMILES string of the molecule is CCS(=O)(=O)c1ccccc1C(=O)Nc1nnc(-c2ccco2)o1. The predicted molar refractivity (Wildman–Crippen MR) is 84.1 cm³/mol. The van der Waals surface area contributed by atoms with Gasteiger partial charge >= 0.3 is 6.01 Å². The molecule has 1 aromatic carbocycles. The van der Waals surface area contributed by atoms with Crippen molar-refractivity contribution in [3.8, 4) is 11.7 Å².